The number of hydrogen-bond acceptors (Lipinski definition) is 2. The molecular weight excluding hydrogens is 225 g/mol. The highest BCUT2D eigenvalue weighted by Gasteiger charge is 2.36. The standard InChI is InChI=1S/C10H7F3O3/c11-10(12,13)5-1-2-8-6(3-5)7(4-16-8)9(14)15/h1-3,7H,4H2,(H,14,15). The van der Waals surface area contributed by atoms with Crippen LogP contribution in [0.5, 0.6) is 5.75 Å². The molecule has 1 unspecified atom stereocenters. The third kappa shape index (κ3) is 1.70. The van der Waals surface area contributed by atoms with Crippen LogP contribution in [0, 0.1) is 0 Å². The smallest absolute Gasteiger partial charge is 0.416 e. The van der Waals surface area contributed by atoms with Gasteiger partial charge in [0.15, 0.2) is 0 Å². The molecule has 0 bridgehead atoms. The summed E-state index contributed by atoms with van der Waals surface area (Å²) in [6.45, 7) is -0.119. The molecule has 3 nitrogen and oxygen atoms in total. The number of halogens is 3. The van der Waals surface area contributed by atoms with Crippen LogP contribution in [0.1, 0.15) is 17.0 Å². The minimum Gasteiger partial charge on any atom is -0.492 e. The van der Waals surface area contributed by atoms with E-state index in [4.69, 9.17) is 9.84 Å². The molecule has 0 aromatic heterocycles. The van der Waals surface area contributed by atoms with Gasteiger partial charge in [0, 0.05) is 5.56 Å². The van der Waals surface area contributed by atoms with Crippen LogP contribution in [-0.2, 0) is 11.0 Å². The molecule has 6 heteroatoms. The quantitative estimate of drug-likeness (QED) is 0.807. The van der Waals surface area contributed by atoms with E-state index in [1.54, 1.807) is 0 Å². The zero-order valence-electron chi connectivity index (χ0n) is 7.91. The molecule has 86 valence electrons. The number of fused-ring (bicyclic) bond motifs is 1. The summed E-state index contributed by atoms with van der Waals surface area (Å²) in [5, 5.41) is 8.79. The van der Waals surface area contributed by atoms with Gasteiger partial charge in [-0.25, -0.2) is 0 Å². The molecule has 1 heterocycles. The molecule has 0 saturated carbocycles. The average Bonchev–Trinajstić information content (AvgIpc) is 2.58. The summed E-state index contributed by atoms with van der Waals surface area (Å²) < 4.78 is 42.2. The first-order valence-electron chi connectivity index (χ1n) is 4.46. The zero-order valence-corrected chi connectivity index (χ0v) is 7.91. The highest BCUT2D eigenvalue weighted by molar-refractivity contribution is 5.78. The van der Waals surface area contributed by atoms with Crippen LogP contribution < -0.4 is 4.74 Å². The van der Waals surface area contributed by atoms with Crippen LogP contribution in [0.25, 0.3) is 0 Å². The van der Waals surface area contributed by atoms with E-state index in [9.17, 15) is 18.0 Å². The van der Waals surface area contributed by atoms with E-state index in [0.29, 0.717) is 0 Å². The van der Waals surface area contributed by atoms with Crippen molar-refractivity contribution in [2.45, 2.75) is 12.1 Å². The molecule has 0 saturated heterocycles. The lowest BCUT2D eigenvalue weighted by Crippen LogP contribution is -2.13. The van der Waals surface area contributed by atoms with Crippen molar-refractivity contribution in [2.75, 3.05) is 6.61 Å². The topological polar surface area (TPSA) is 46.5 Å². The highest BCUT2D eigenvalue weighted by atomic mass is 19.4. The van der Waals surface area contributed by atoms with Crippen molar-refractivity contribution in [3.8, 4) is 5.75 Å². The molecule has 0 fully saturated rings. The van der Waals surface area contributed by atoms with Crippen molar-refractivity contribution >= 4 is 5.97 Å². The molecule has 2 rings (SSSR count). The lowest BCUT2D eigenvalue weighted by Gasteiger charge is -2.08. The Kier molecular flexibility index (Phi) is 2.29. The summed E-state index contributed by atoms with van der Waals surface area (Å²) in [7, 11) is 0. The Hall–Kier alpha value is -1.72. The van der Waals surface area contributed by atoms with Crippen molar-refractivity contribution in [1.29, 1.82) is 0 Å². The SMILES string of the molecule is O=C(O)C1COc2ccc(C(F)(F)F)cc21. The van der Waals surface area contributed by atoms with Gasteiger partial charge in [0.25, 0.3) is 0 Å². The minimum atomic E-state index is -4.47. The average molecular weight is 232 g/mol. The largest absolute Gasteiger partial charge is 0.492 e. The Morgan fingerprint density at radius 2 is 2.12 bits per heavy atom. The minimum absolute atomic E-state index is 0.0855. The van der Waals surface area contributed by atoms with Gasteiger partial charge in [0.05, 0.1) is 5.56 Å². The van der Waals surface area contributed by atoms with Crippen molar-refractivity contribution in [3.63, 3.8) is 0 Å². The monoisotopic (exact) mass is 232 g/mol. The van der Waals surface area contributed by atoms with E-state index in [1.807, 2.05) is 0 Å². The molecule has 1 N–H and O–H groups in total. The molecule has 0 amide bonds. The molecular formula is C10H7F3O3. The maximum atomic E-state index is 12.4. The first kappa shape index (κ1) is 10.8. The van der Waals surface area contributed by atoms with Crippen molar-refractivity contribution < 1.29 is 27.8 Å². The normalized spacial score (nSPS) is 19.1. The molecule has 1 aliphatic heterocycles. The van der Waals surface area contributed by atoms with Crippen molar-refractivity contribution in [1.82, 2.24) is 0 Å². The third-order valence-corrected chi connectivity index (χ3v) is 2.42. The first-order chi connectivity index (χ1) is 7.39. The van der Waals surface area contributed by atoms with Crippen LogP contribution in [0.2, 0.25) is 0 Å². The molecule has 1 aromatic carbocycles. The number of benzene rings is 1. The van der Waals surface area contributed by atoms with E-state index < -0.39 is 23.6 Å². The van der Waals surface area contributed by atoms with Crippen LogP contribution in [-0.4, -0.2) is 17.7 Å². The second kappa shape index (κ2) is 3.40. The number of carboxylic acid groups (broad SMARTS) is 1. The van der Waals surface area contributed by atoms with Crippen molar-refractivity contribution in [2.24, 2.45) is 0 Å². The maximum absolute atomic E-state index is 12.4. The summed E-state index contributed by atoms with van der Waals surface area (Å²) in [5.74, 6) is -1.99. The first-order valence-corrected chi connectivity index (χ1v) is 4.46. The number of carbonyl (C=O) groups is 1. The summed E-state index contributed by atoms with van der Waals surface area (Å²) >= 11 is 0. The lowest BCUT2D eigenvalue weighted by atomic mass is 9.99. The van der Waals surface area contributed by atoms with Gasteiger partial charge in [-0.3, -0.25) is 4.79 Å². The summed E-state index contributed by atoms with van der Waals surface area (Å²) in [6.07, 6.45) is -4.47. The Morgan fingerprint density at radius 1 is 1.44 bits per heavy atom. The number of carboxylic acids is 1. The van der Waals surface area contributed by atoms with Gasteiger partial charge in [-0.2, -0.15) is 13.2 Å². The van der Waals surface area contributed by atoms with Crippen LogP contribution >= 0.6 is 0 Å². The fourth-order valence-electron chi connectivity index (χ4n) is 1.60. The van der Waals surface area contributed by atoms with Crippen LogP contribution in [0.15, 0.2) is 18.2 Å². The predicted molar refractivity (Wildman–Crippen MR) is 47.3 cm³/mol. The molecule has 0 aliphatic carbocycles. The van der Waals surface area contributed by atoms with Gasteiger partial charge in [-0.1, -0.05) is 0 Å². The van der Waals surface area contributed by atoms with Gasteiger partial charge < -0.3 is 9.84 Å². The Bertz CT molecular complexity index is 439. The van der Waals surface area contributed by atoms with E-state index in [1.165, 1.54) is 0 Å². The Labute approximate surface area is 88.5 Å². The molecule has 0 spiro atoms. The van der Waals surface area contributed by atoms with Gasteiger partial charge in [-0.05, 0) is 18.2 Å². The van der Waals surface area contributed by atoms with Gasteiger partial charge >= 0.3 is 12.1 Å². The van der Waals surface area contributed by atoms with Crippen LogP contribution in [0.3, 0.4) is 0 Å². The zero-order chi connectivity index (χ0) is 11.9. The second-order valence-electron chi connectivity index (χ2n) is 3.45. The molecule has 1 aliphatic rings. The van der Waals surface area contributed by atoms with E-state index in [-0.39, 0.29) is 17.9 Å². The van der Waals surface area contributed by atoms with Crippen molar-refractivity contribution in [3.05, 3.63) is 29.3 Å². The highest BCUT2D eigenvalue weighted by Crippen LogP contribution is 2.38. The fourth-order valence-corrected chi connectivity index (χ4v) is 1.60. The third-order valence-electron chi connectivity index (χ3n) is 2.42. The predicted octanol–water partition coefficient (Wildman–Crippen LogP) is 2.27. The number of hydrogen-bond donors (Lipinski definition) is 1. The molecule has 16 heavy (non-hydrogen) atoms. The Morgan fingerprint density at radius 3 is 2.69 bits per heavy atom. The number of ether oxygens (including phenoxy) is 1. The molecule has 1 atom stereocenters. The van der Waals surface area contributed by atoms with Gasteiger partial charge in [0.2, 0.25) is 0 Å². The molecule has 1 aromatic rings. The van der Waals surface area contributed by atoms with Gasteiger partial charge in [-0.15, -0.1) is 0 Å². The van der Waals surface area contributed by atoms with Crippen LogP contribution in [0.4, 0.5) is 13.2 Å². The molecule has 0 radical (unpaired) electrons. The summed E-state index contributed by atoms with van der Waals surface area (Å²) in [6, 6.07) is 2.87. The summed E-state index contributed by atoms with van der Waals surface area (Å²) in [4.78, 5) is 10.8. The fraction of sp³-hybridized carbons (Fsp3) is 0.300. The second-order valence-corrected chi connectivity index (χ2v) is 3.45. The van der Waals surface area contributed by atoms with Gasteiger partial charge in [0.1, 0.15) is 18.3 Å². The maximum Gasteiger partial charge on any atom is 0.416 e. The number of aliphatic carboxylic acids is 1. The Balaban J connectivity index is 2.45. The number of rotatable bonds is 1. The summed E-state index contributed by atoms with van der Waals surface area (Å²) in [5.41, 5.74) is -0.773. The van der Waals surface area contributed by atoms with E-state index >= 15 is 0 Å². The van der Waals surface area contributed by atoms with E-state index in [0.717, 1.165) is 18.2 Å². The lowest BCUT2D eigenvalue weighted by molar-refractivity contribution is -0.140. The number of alkyl halides is 3. The van der Waals surface area contributed by atoms with E-state index in [2.05, 4.69) is 0 Å².